The van der Waals surface area contributed by atoms with E-state index in [-0.39, 0.29) is 19.8 Å². The van der Waals surface area contributed by atoms with E-state index in [4.69, 9.17) is 9.47 Å². The van der Waals surface area contributed by atoms with E-state index < -0.39 is 0 Å². The van der Waals surface area contributed by atoms with Crippen LogP contribution in [0.2, 0.25) is 0 Å². The quantitative estimate of drug-likeness (QED) is 0.146. The van der Waals surface area contributed by atoms with E-state index in [0.717, 1.165) is 51.4 Å². The molecule has 2 unspecified atom stereocenters. The minimum atomic E-state index is -0.0921. The largest absolute Gasteiger partial charge is 0.465 e. The number of rotatable bonds is 13. The number of halogens is 2. The molecule has 0 N–H and O–H groups in total. The van der Waals surface area contributed by atoms with Gasteiger partial charge in [0.25, 0.3) is 0 Å². The minimum absolute atomic E-state index is 0.0184. The van der Waals surface area contributed by atoms with Gasteiger partial charge in [0.2, 0.25) is 0 Å². The fraction of sp³-hybridized carbons (Fsp3) is 0.875. The SMILES string of the molecule is CCC(I)C(=O)OCCCCCCCCOC(=O)C(I)CC. The number of carbonyl (C=O) groups excluding carboxylic acids is 2. The predicted molar refractivity (Wildman–Crippen MR) is 106 cm³/mol. The topological polar surface area (TPSA) is 52.6 Å². The summed E-state index contributed by atoms with van der Waals surface area (Å²) < 4.78 is 10.4. The molecule has 0 aliphatic rings. The third-order valence-electron chi connectivity index (χ3n) is 3.26. The highest BCUT2D eigenvalue weighted by molar-refractivity contribution is 14.1. The van der Waals surface area contributed by atoms with E-state index >= 15 is 0 Å². The Morgan fingerprint density at radius 2 is 1.05 bits per heavy atom. The van der Waals surface area contributed by atoms with Gasteiger partial charge < -0.3 is 9.47 Å². The van der Waals surface area contributed by atoms with Gasteiger partial charge in [-0.25, -0.2) is 0 Å². The van der Waals surface area contributed by atoms with Crippen molar-refractivity contribution in [1.29, 1.82) is 0 Å². The van der Waals surface area contributed by atoms with Crippen LogP contribution in [0.5, 0.6) is 0 Å². The molecular weight excluding hydrogens is 510 g/mol. The standard InChI is InChI=1S/C16H28I2O4/c1-3-13(17)15(19)21-11-9-7-5-6-8-10-12-22-16(20)14(18)4-2/h13-14H,3-12H2,1-2H3. The lowest BCUT2D eigenvalue weighted by atomic mass is 10.1. The van der Waals surface area contributed by atoms with Crippen molar-refractivity contribution in [1.82, 2.24) is 0 Å². The maximum absolute atomic E-state index is 11.4. The summed E-state index contributed by atoms with van der Waals surface area (Å²) in [7, 11) is 0. The van der Waals surface area contributed by atoms with Crippen molar-refractivity contribution < 1.29 is 19.1 Å². The first-order valence-electron chi connectivity index (χ1n) is 8.14. The van der Waals surface area contributed by atoms with Gasteiger partial charge in [0.1, 0.15) is 7.85 Å². The second-order valence-corrected chi connectivity index (χ2v) is 8.22. The molecule has 22 heavy (non-hydrogen) atoms. The van der Waals surface area contributed by atoms with Crippen LogP contribution in [0, 0.1) is 0 Å². The lowest BCUT2D eigenvalue weighted by Gasteiger charge is -2.08. The van der Waals surface area contributed by atoms with Gasteiger partial charge in [0, 0.05) is 0 Å². The number of hydrogen-bond donors (Lipinski definition) is 0. The Kier molecular flexibility index (Phi) is 15.2. The zero-order valence-corrected chi connectivity index (χ0v) is 17.9. The molecule has 2 atom stereocenters. The Hall–Kier alpha value is 0.400. The monoisotopic (exact) mass is 538 g/mol. The van der Waals surface area contributed by atoms with Crippen molar-refractivity contribution in [2.75, 3.05) is 13.2 Å². The maximum Gasteiger partial charge on any atom is 0.318 e. The van der Waals surface area contributed by atoms with Gasteiger partial charge in [0.15, 0.2) is 0 Å². The van der Waals surface area contributed by atoms with Crippen molar-refractivity contribution in [3.05, 3.63) is 0 Å². The summed E-state index contributed by atoms with van der Waals surface area (Å²) in [5.41, 5.74) is 0. The Morgan fingerprint density at radius 1 is 0.727 bits per heavy atom. The molecule has 0 fully saturated rings. The maximum atomic E-state index is 11.4. The molecule has 0 aromatic carbocycles. The van der Waals surface area contributed by atoms with Gasteiger partial charge in [-0.15, -0.1) is 0 Å². The van der Waals surface area contributed by atoms with Crippen LogP contribution in [0.1, 0.15) is 65.2 Å². The number of unbranched alkanes of at least 4 members (excludes halogenated alkanes) is 5. The highest BCUT2D eigenvalue weighted by Crippen LogP contribution is 2.10. The molecule has 0 aliphatic heterocycles. The van der Waals surface area contributed by atoms with Crippen molar-refractivity contribution in [2.24, 2.45) is 0 Å². The average Bonchev–Trinajstić information content (AvgIpc) is 2.54. The number of alkyl halides is 2. The summed E-state index contributed by atoms with van der Waals surface area (Å²) in [6.07, 6.45) is 7.93. The summed E-state index contributed by atoms with van der Waals surface area (Å²) in [6.45, 7) is 5.03. The highest BCUT2D eigenvalue weighted by atomic mass is 127. The van der Waals surface area contributed by atoms with E-state index in [1.54, 1.807) is 0 Å². The summed E-state index contributed by atoms with van der Waals surface area (Å²) in [4.78, 5) is 22.9. The van der Waals surface area contributed by atoms with Gasteiger partial charge in [0.05, 0.1) is 13.2 Å². The minimum Gasteiger partial charge on any atom is -0.465 e. The molecule has 0 bridgehead atoms. The van der Waals surface area contributed by atoms with Crippen molar-refractivity contribution in [3.63, 3.8) is 0 Å². The molecule has 0 rings (SSSR count). The Bertz CT molecular complexity index is 281. The first-order chi connectivity index (χ1) is 10.5. The van der Waals surface area contributed by atoms with Crippen LogP contribution in [-0.4, -0.2) is 33.0 Å². The van der Waals surface area contributed by atoms with Gasteiger partial charge in [-0.3, -0.25) is 9.59 Å². The molecule has 130 valence electrons. The summed E-state index contributed by atoms with van der Waals surface area (Å²) in [5.74, 6) is -0.184. The molecule has 0 heterocycles. The number of carbonyl (C=O) groups is 2. The van der Waals surface area contributed by atoms with Gasteiger partial charge >= 0.3 is 11.9 Å². The Labute approximate surface area is 161 Å². The van der Waals surface area contributed by atoms with Crippen LogP contribution >= 0.6 is 45.2 Å². The molecule has 4 nitrogen and oxygen atoms in total. The van der Waals surface area contributed by atoms with Gasteiger partial charge in [-0.2, -0.15) is 0 Å². The summed E-state index contributed by atoms with van der Waals surface area (Å²) in [6, 6.07) is 0. The Morgan fingerprint density at radius 3 is 1.36 bits per heavy atom. The fourth-order valence-corrected chi connectivity index (χ4v) is 2.13. The smallest absolute Gasteiger partial charge is 0.318 e. The average molecular weight is 538 g/mol. The second-order valence-electron chi connectivity index (χ2n) is 5.21. The van der Waals surface area contributed by atoms with Crippen LogP contribution in [0.4, 0.5) is 0 Å². The zero-order chi connectivity index (χ0) is 16.8. The first-order valence-corrected chi connectivity index (χ1v) is 10.6. The third kappa shape index (κ3) is 11.9. The number of hydrogen-bond acceptors (Lipinski definition) is 4. The number of ether oxygens (including phenoxy) is 2. The molecule has 0 radical (unpaired) electrons. The van der Waals surface area contributed by atoms with E-state index in [2.05, 4.69) is 45.2 Å². The molecule has 0 spiro atoms. The van der Waals surface area contributed by atoms with E-state index in [1.807, 2.05) is 13.8 Å². The van der Waals surface area contributed by atoms with Gasteiger partial charge in [-0.05, 0) is 25.7 Å². The molecule has 6 heteroatoms. The van der Waals surface area contributed by atoms with E-state index in [9.17, 15) is 9.59 Å². The second kappa shape index (κ2) is 15.0. The molecule has 0 aromatic rings. The molecular formula is C16H28I2O4. The Balaban J connectivity index is 3.31. The van der Waals surface area contributed by atoms with Crippen LogP contribution in [0.3, 0.4) is 0 Å². The van der Waals surface area contributed by atoms with Gasteiger partial charge in [-0.1, -0.05) is 84.7 Å². The lowest BCUT2D eigenvalue weighted by Crippen LogP contribution is -2.17. The van der Waals surface area contributed by atoms with Crippen molar-refractivity contribution >= 4 is 57.1 Å². The molecule has 0 aliphatic carbocycles. The molecule has 0 saturated heterocycles. The van der Waals surface area contributed by atoms with E-state index in [1.165, 1.54) is 0 Å². The molecule has 0 aromatic heterocycles. The molecule has 0 amide bonds. The van der Waals surface area contributed by atoms with Crippen LogP contribution in [0.15, 0.2) is 0 Å². The first kappa shape index (κ1) is 22.4. The highest BCUT2D eigenvalue weighted by Gasteiger charge is 2.13. The van der Waals surface area contributed by atoms with E-state index in [0.29, 0.717) is 13.2 Å². The normalized spacial score (nSPS) is 13.5. The van der Waals surface area contributed by atoms with Crippen LogP contribution in [-0.2, 0) is 19.1 Å². The predicted octanol–water partition coefficient (Wildman–Crippen LogP) is 4.84. The summed E-state index contributed by atoms with van der Waals surface area (Å²) in [5, 5.41) is 0. The van der Waals surface area contributed by atoms with Crippen LogP contribution < -0.4 is 0 Å². The van der Waals surface area contributed by atoms with Crippen molar-refractivity contribution in [2.45, 2.75) is 73.1 Å². The summed E-state index contributed by atoms with van der Waals surface area (Å²) >= 11 is 4.24. The molecule has 0 saturated carbocycles. The van der Waals surface area contributed by atoms with Crippen LogP contribution in [0.25, 0.3) is 0 Å². The number of esters is 2. The lowest BCUT2D eigenvalue weighted by molar-refractivity contribution is -0.143. The third-order valence-corrected chi connectivity index (χ3v) is 6.03. The zero-order valence-electron chi connectivity index (χ0n) is 13.6. The van der Waals surface area contributed by atoms with Crippen molar-refractivity contribution in [3.8, 4) is 0 Å². The fourth-order valence-electron chi connectivity index (χ4n) is 1.77.